The maximum Gasteiger partial charge on any atom is 0.138 e. The number of aromatic nitrogens is 3. The Balaban J connectivity index is 1.63. The van der Waals surface area contributed by atoms with Crippen LogP contribution >= 0.6 is 0 Å². The van der Waals surface area contributed by atoms with Gasteiger partial charge < -0.3 is 10.2 Å². The molecule has 0 saturated carbocycles. The van der Waals surface area contributed by atoms with Gasteiger partial charge in [-0.05, 0) is 22.4 Å². The van der Waals surface area contributed by atoms with Gasteiger partial charge in [0.05, 0.1) is 6.54 Å². The van der Waals surface area contributed by atoms with E-state index < -0.39 is 0 Å². The molecule has 4 rings (SSSR count). The van der Waals surface area contributed by atoms with Crippen LogP contribution in [-0.2, 0) is 13.2 Å². The van der Waals surface area contributed by atoms with E-state index in [2.05, 4.69) is 46.0 Å². The molecule has 0 radical (unpaired) electrons. The highest BCUT2D eigenvalue weighted by molar-refractivity contribution is 5.87. The van der Waals surface area contributed by atoms with E-state index in [4.69, 9.17) is 4.74 Å². The lowest BCUT2D eigenvalue weighted by molar-refractivity contribution is 0.303. The average Bonchev–Trinajstić information content (AvgIpc) is 3.19. The van der Waals surface area contributed by atoms with Crippen LogP contribution in [0.3, 0.4) is 0 Å². The maximum atomic E-state index is 6.12. The van der Waals surface area contributed by atoms with Crippen molar-refractivity contribution in [1.29, 1.82) is 0 Å². The predicted octanol–water partition coefficient (Wildman–Crippen LogP) is 3.75. The Morgan fingerprint density at radius 1 is 0.840 bits per heavy atom. The summed E-state index contributed by atoms with van der Waals surface area (Å²) in [4.78, 5) is 0. The highest BCUT2D eigenvalue weighted by Crippen LogP contribution is 2.29. The standard InChI is InChI=1S/C20H18N4O/c1-2-6-16(7-3-1)13-25-20-11-10-17-8-4-5-9-18(17)19(20)12-23-24-14-21-22-15-24/h1-11,14-15,23H,12-13H2. The van der Waals surface area contributed by atoms with Gasteiger partial charge in [-0.2, -0.15) is 0 Å². The van der Waals surface area contributed by atoms with E-state index in [-0.39, 0.29) is 0 Å². The smallest absolute Gasteiger partial charge is 0.138 e. The Labute approximate surface area is 145 Å². The fraction of sp³-hybridized carbons (Fsp3) is 0.100. The molecule has 0 fully saturated rings. The molecule has 0 aliphatic rings. The van der Waals surface area contributed by atoms with Crippen molar-refractivity contribution in [2.24, 2.45) is 0 Å². The number of hydrogen-bond donors (Lipinski definition) is 1. The first-order chi connectivity index (χ1) is 12.4. The minimum absolute atomic E-state index is 0.540. The average molecular weight is 330 g/mol. The second-order valence-electron chi connectivity index (χ2n) is 5.74. The molecule has 0 aliphatic carbocycles. The maximum absolute atomic E-state index is 6.12. The van der Waals surface area contributed by atoms with E-state index in [9.17, 15) is 0 Å². The van der Waals surface area contributed by atoms with E-state index in [1.165, 1.54) is 10.8 Å². The van der Waals surface area contributed by atoms with Crippen LogP contribution in [0.25, 0.3) is 10.8 Å². The summed E-state index contributed by atoms with van der Waals surface area (Å²) in [6.07, 6.45) is 3.27. The number of rotatable bonds is 6. The van der Waals surface area contributed by atoms with Crippen LogP contribution in [0.1, 0.15) is 11.1 Å². The molecule has 1 heterocycles. The first kappa shape index (κ1) is 15.2. The van der Waals surface area contributed by atoms with E-state index >= 15 is 0 Å². The minimum atomic E-state index is 0.540. The van der Waals surface area contributed by atoms with Crippen molar-refractivity contribution >= 4 is 10.8 Å². The molecule has 0 unspecified atom stereocenters. The zero-order valence-corrected chi connectivity index (χ0v) is 13.7. The lowest BCUT2D eigenvalue weighted by Gasteiger charge is -2.15. The molecule has 3 aromatic carbocycles. The van der Waals surface area contributed by atoms with Gasteiger partial charge in [0.1, 0.15) is 25.0 Å². The lowest BCUT2D eigenvalue weighted by Crippen LogP contribution is -2.13. The summed E-state index contributed by atoms with van der Waals surface area (Å²) in [6, 6.07) is 22.6. The summed E-state index contributed by atoms with van der Waals surface area (Å²) in [7, 11) is 0. The monoisotopic (exact) mass is 330 g/mol. The number of benzene rings is 3. The van der Waals surface area contributed by atoms with E-state index in [1.807, 2.05) is 36.4 Å². The van der Waals surface area contributed by atoms with Crippen molar-refractivity contribution in [1.82, 2.24) is 14.9 Å². The highest BCUT2D eigenvalue weighted by Gasteiger charge is 2.09. The number of hydrogen-bond acceptors (Lipinski definition) is 4. The predicted molar refractivity (Wildman–Crippen MR) is 97.8 cm³/mol. The quantitative estimate of drug-likeness (QED) is 0.585. The van der Waals surface area contributed by atoms with Gasteiger partial charge in [0.25, 0.3) is 0 Å². The number of fused-ring (bicyclic) bond motifs is 1. The Hall–Kier alpha value is -3.34. The summed E-state index contributed by atoms with van der Waals surface area (Å²) >= 11 is 0. The number of ether oxygens (including phenoxy) is 1. The first-order valence-electron chi connectivity index (χ1n) is 8.16. The van der Waals surface area contributed by atoms with Gasteiger partial charge >= 0.3 is 0 Å². The van der Waals surface area contributed by atoms with E-state index in [0.29, 0.717) is 13.2 Å². The summed E-state index contributed by atoms with van der Waals surface area (Å²) in [5, 5.41) is 9.99. The molecule has 124 valence electrons. The second kappa shape index (κ2) is 7.05. The zero-order valence-electron chi connectivity index (χ0n) is 13.7. The van der Waals surface area contributed by atoms with Gasteiger partial charge in [0, 0.05) is 5.56 Å². The molecule has 4 aromatic rings. The molecule has 0 bridgehead atoms. The number of nitrogens with one attached hydrogen (secondary N) is 1. The molecule has 1 N–H and O–H groups in total. The van der Waals surface area contributed by atoms with Crippen molar-refractivity contribution in [3.05, 3.63) is 90.5 Å². The topological polar surface area (TPSA) is 52.0 Å². The Kier molecular flexibility index (Phi) is 4.29. The third kappa shape index (κ3) is 3.45. The van der Waals surface area contributed by atoms with Crippen molar-refractivity contribution in [3.8, 4) is 5.75 Å². The molecule has 5 nitrogen and oxygen atoms in total. The summed E-state index contributed by atoms with van der Waals surface area (Å²) in [5.74, 6) is 0.878. The van der Waals surface area contributed by atoms with E-state index in [1.54, 1.807) is 17.3 Å². The van der Waals surface area contributed by atoms with Crippen LogP contribution in [0.5, 0.6) is 5.75 Å². The van der Waals surface area contributed by atoms with E-state index in [0.717, 1.165) is 16.9 Å². The molecule has 0 atom stereocenters. The van der Waals surface area contributed by atoms with Crippen molar-refractivity contribution in [2.75, 3.05) is 5.43 Å². The van der Waals surface area contributed by atoms with Gasteiger partial charge in [-0.25, -0.2) is 4.68 Å². The molecule has 1 aromatic heterocycles. The van der Waals surface area contributed by atoms with Crippen molar-refractivity contribution < 1.29 is 4.74 Å². The summed E-state index contributed by atoms with van der Waals surface area (Å²) in [5.41, 5.74) is 5.54. The molecule has 0 saturated heterocycles. The van der Waals surface area contributed by atoms with Gasteiger partial charge in [-0.3, -0.25) is 0 Å². The fourth-order valence-corrected chi connectivity index (χ4v) is 2.82. The van der Waals surface area contributed by atoms with Crippen molar-refractivity contribution in [2.45, 2.75) is 13.2 Å². The molecule has 0 amide bonds. The van der Waals surface area contributed by atoms with Crippen LogP contribution in [0.15, 0.2) is 79.4 Å². The SMILES string of the molecule is c1ccc(COc2ccc3ccccc3c2CNn2cnnc2)cc1. The van der Waals surface area contributed by atoms with Crippen LogP contribution in [-0.4, -0.2) is 14.9 Å². The van der Waals surface area contributed by atoms with Gasteiger partial charge in [-0.15, -0.1) is 10.2 Å². The first-order valence-corrected chi connectivity index (χ1v) is 8.16. The third-order valence-electron chi connectivity index (χ3n) is 4.09. The fourth-order valence-electron chi connectivity index (χ4n) is 2.82. The molecular weight excluding hydrogens is 312 g/mol. The minimum Gasteiger partial charge on any atom is -0.489 e. The van der Waals surface area contributed by atoms with Crippen LogP contribution in [0.4, 0.5) is 0 Å². The van der Waals surface area contributed by atoms with Crippen molar-refractivity contribution in [3.63, 3.8) is 0 Å². The largest absolute Gasteiger partial charge is 0.489 e. The molecular formula is C20H18N4O. The number of nitrogens with zero attached hydrogens (tertiary/aromatic N) is 3. The molecule has 0 aliphatic heterocycles. The molecule has 0 spiro atoms. The van der Waals surface area contributed by atoms with Gasteiger partial charge in [-0.1, -0.05) is 60.7 Å². The van der Waals surface area contributed by atoms with Gasteiger partial charge in [0.2, 0.25) is 0 Å². The molecule has 5 heteroatoms. The van der Waals surface area contributed by atoms with Crippen LogP contribution < -0.4 is 10.2 Å². The van der Waals surface area contributed by atoms with Crippen LogP contribution in [0.2, 0.25) is 0 Å². The highest BCUT2D eigenvalue weighted by atomic mass is 16.5. The van der Waals surface area contributed by atoms with Gasteiger partial charge in [0.15, 0.2) is 0 Å². The third-order valence-corrected chi connectivity index (χ3v) is 4.09. The summed E-state index contributed by atoms with van der Waals surface area (Å²) < 4.78 is 7.86. The summed E-state index contributed by atoms with van der Waals surface area (Å²) in [6.45, 7) is 1.16. The lowest BCUT2D eigenvalue weighted by atomic mass is 10.0. The van der Waals surface area contributed by atoms with Crippen LogP contribution in [0, 0.1) is 0 Å². The normalized spacial score (nSPS) is 10.7. The Morgan fingerprint density at radius 3 is 2.44 bits per heavy atom. The zero-order chi connectivity index (χ0) is 16.9. The Morgan fingerprint density at radius 2 is 1.60 bits per heavy atom. The Bertz CT molecular complexity index is 952. The molecule has 25 heavy (non-hydrogen) atoms. The second-order valence-corrected chi connectivity index (χ2v) is 5.74.